The molecule has 0 radical (unpaired) electrons. The minimum absolute atomic E-state index is 0.0454. The van der Waals surface area contributed by atoms with Crippen molar-refractivity contribution in [1.82, 2.24) is 20.6 Å². The molecule has 0 aliphatic carbocycles. The summed E-state index contributed by atoms with van der Waals surface area (Å²) in [6.07, 6.45) is 6.07. The lowest BCUT2D eigenvalue weighted by atomic mass is 10.0. The number of hydrogen-bond acceptors (Lipinski definition) is 7. The SMILES string of the molecule is CC[C@H](C)NCCC(=O)Nc1sc2c(c1-c1nc3cnccc3s1)CCN[C@@H]2C. The Hall–Kier alpha value is -1.87. The first kappa shape index (κ1) is 20.4. The lowest BCUT2D eigenvalue weighted by Gasteiger charge is -2.20. The molecule has 4 heterocycles. The molecule has 0 spiro atoms. The van der Waals surface area contributed by atoms with Gasteiger partial charge in [-0.15, -0.1) is 22.7 Å². The van der Waals surface area contributed by atoms with Crippen molar-refractivity contribution in [2.45, 2.75) is 52.1 Å². The van der Waals surface area contributed by atoms with E-state index in [9.17, 15) is 4.79 Å². The molecule has 1 aliphatic rings. The summed E-state index contributed by atoms with van der Waals surface area (Å²) >= 11 is 3.35. The van der Waals surface area contributed by atoms with E-state index in [1.807, 2.05) is 6.07 Å². The Kier molecular flexibility index (Phi) is 6.24. The molecule has 3 aromatic rings. The molecule has 3 aromatic heterocycles. The number of fused-ring (bicyclic) bond motifs is 2. The Morgan fingerprint density at radius 3 is 3.07 bits per heavy atom. The molecule has 154 valence electrons. The molecule has 1 amide bonds. The number of aromatic nitrogens is 2. The first-order valence-electron chi connectivity index (χ1n) is 10.2. The third kappa shape index (κ3) is 4.35. The molecule has 4 rings (SSSR count). The Balaban J connectivity index is 1.64. The quantitative estimate of drug-likeness (QED) is 0.521. The monoisotopic (exact) mass is 429 g/mol. The van der Waals surface area contributed by atoms with Crippen LogP contribution in [0.5, 0.6) is 0 Å². The first-order chi connectivity index (χ1) is 14.1. The van der Waals surface area contributed by atoms with Crippen LogP contribution in [0.3, 0.4) is 0 Å². The van der Waals surface area contributed by atoms with Gasteiger partial charge in [0.2, 0.25) is 5.91 Å². The molecular formula is C21H27N5OS2. The Morgan fingerprint density at radius 2 is 2.28 bits per heavy atom. The number of carbonyl (C=O) groups is 1. The van der Waals surface area contributed by atoms with Crippen molar-refractivity contribution in [3.05, 3.63) is 28.9 Å². The molecule has 6 nitrogen and oxygen atoms in total. The number of hydrogen-bond donors (Lipinski definition) is 3. The summed E-state index contributed by atoms with van der Waals surface area (Å²) in [5.41, 5.74) is 3.33. The predicted octanol–water partition coefficient (Wildman–Crippen LogP) is 4.34. The van der Waals surface area contributed by atoms with Crippen molar-refractivity contribution in [3.8, 4) is 10.6 Å². The zero-order valence-corrected chi connectivity index (χ0v) is 18.7. The van der Waals surface area contributed by atoms with Crippen LogP contribution in [0.1, 0.15) is 50.1 Å². The van der Waals surface area contributed by atoms with Crippen molar-refractivity contribution in [3.63, 3.8) is 0 Å². The van der Waals surface area contributed by atoms with Crippen molar-refractivity contribution in [2.24, 2.45) is 0 Å². The molecule has 8 heteroatoms. The standard InChI is InChI=1S/C21H27N5OS2/c1-4-12(2)23-10-7-17(27)26-21-18(14-5-9-24-13(3)19(14)29-21)20-25-15-11-22-8-6-16(15)28-20/h6,8,11-13,23-24H,4-5,7,9-10H2,1-3H3,(H,26,27)/t12-,13+/m0/s1. The number of nitrogens with one attached hydrogen (secondary N) is 3. The van der Waals surface area contributed by atoms with Gasteiger partial charge in [-0.25, -0.2) is 4.98 Å². The normalized spacial score (nSPS) is 17.3. The van der Waals surface area contributed by atoms with Gasteiger partial charge in [0, 0.05) is 41.7 Å². The van der Waals surface area contributed by atoms with Gasteiger partial charge < -0.3 is 16.0 Å². The summed E-state index contributed by atoms with van der Waals surface area (Å²) in [5, 5.41) is 12.0. The van der Waals surface area contributed by atoms with Crippen molar-refractivity contribution < 1.29 is 4.79 Å². The second-order valence-electron chi connectivity index (χ2n) is 7.50. The number of thiazole rings is 1. The van der Waals surface area contributed by atoms with Crippen molar-refractivity contribution in [2.75, 3.05) is 18.4 Å². The van der Waals surface area contributed by atoms with E-state index in [0.29, 0.717) is 19.0 Å². The number of nitrogens with zero attached hydrogens (tertiary/aromatic N) is 2. The maximum absolute atomic E-state index is 12.6. The van der Waals surface area contributed by atoms with Crippen LogP contribution in [0.4, 0.5) is 5.00 Å². The van der Waals surface area contributed by atoms with Gasteiger partial charge in [-0.1, -0.05) is 6.92 Å². The lowest BCUT2D eigenvalue weighted by molar-refractivity contribution is -0.116. The lowest BCUT2D eigenvalue weighted by Crippen LogP contribution is -2.28. The molecule has 0 bridgehead atoms. The van der Waals surface area contributed by atoms with Crippen LogP contribution in [0.15, 0.2) is 18.5 Å². The minimum Gasteiger partial charge on any atom is -0.317 e. The largest absolute Gasteiger partial charge is 0.317 e. The maximum atomic E-state index is 12.6. The van der Waals surface area contributed by atoms with E-state index in [4.69, 9.17) is 4.98 Å². The smallest absolute Gasteiger partial charge is 0.226 e. The van der Waals surface area contributed by atoms with E-state index in [1.165, 1.54) is 10.4 Å². The van der Waals surface area contributed by atoms with E-state index >= 15 is 0 Å². The zero-order valence-electron chi connectivity index (χ0n) is 17.0. The number of rotatable bonds is 7. The Morgan fingerprint density at radius 1 is 1.41 bits per heavy atom. The van der Waals surface area contributed by atoms with Crippen LogP contribution in [0.25, 0.3) is 20.8 Å². The summed E-state index contributed by atoms with van der Waals surface area (Å²) in [5.74, 6) is 0.0454. The fourth-order valence-corrected chi connectivity index (χ4v) is 5.92. The predicted molar refractivity (Wildman–Crippen MR) is 122 cm³/mol. The average molecular weight is 430 g/mol. The summed E-state index contributed by atoms with van der Waals surface area (Å²) in [6, 6.07) is 2.71. The molecule has 0 saturated heterocycles. The third-order valence-electron chi connectivity index (χ3n) is 5.37. The van der Waals surface area contributed by atoms with E-state index in [1.54, 1.807) is 35.1 Å². The molecule has 29 heavy (non-hydrogen) atoms. The summed E-state index contributed by atoms with van der Waals surface area (Å²) < 4.78 is 1.12. The van der Waals surface area contributed by atoms with Crippen LogP contribution >= 0.6 is 22.7 Å². The molecule has 2 atom stereocenters. The zero-order chi connectivity index (χ0) is 20.4. The first-order valence-corrected chi connectivity index (χ1v) is 11.8. The van der Waals surface area contributed by atoms with E-state index < -0.39 is 0 Å². The van der Waals surface area contributed by atoms with Crippen LogP contribution in [-0.2, 0) is 11.2 Å². The highest BCUT2D eigenvalue weighted by Gasteiger charge is 2.28. The van der Waals surface area contributed by atoms with Crippen molar-refractivity contribution >= 4 is 43.8 Å². The molecule has 0 aromatic carbocycles. The third-order valence-corrected chi connectivity index (χ3v) is 7.76. The van der Waals surface area contributed by atoms with Gasteiger partial charge in [-0.3, -0.25) is 9.78 Å². The average Bonchev–Trinajstić information content (AvgIpc) is 3.29. The molecule has 3 N–H and O–H groups in total. The highest BCUT2D eigenvalue weighted by atomic mass is 32.1. The molecule has 0 saturated carbocycles. The second kappa shape index (κ2) is 8.87. The van der Waals surface area contributed by atoms with Crippen LogP contribution < -0.4 is 16.0 Å². The van der Waals surface area contributed by atoms with E-state index in [-0.39, 0.29) is 11.9 Å². The van der Waals surface area contributed by atoms with E-state index in [2.05, 4.69) is 41.7 Å². The van der Waals surface area contributed by atoms with Gasteiger partial charge in [0.05, 0.1) is 10.9 Å². The summed E-state index contributed by atoms with van der Waals surface area (Å²) in [4.78, 5) is 23.0. The summed E-state index contributed by atoms with van der Waals surface area (Å²) in [6.45, 7) is 8.09. The van der Waals surface area contributed by atoms with Crippen LogP contribution in [-0.4, -0.2) is 35.0 Å². The van der Waals surface area contributed by atoms with Gasteiger partial charge in [0.25, 0.3) is 0 Å². The van der Waals surface area contributed by atoms with Gasteiger partial charge in [-0.05, 0) is 44.9 Å². The van der Waals surface area contributed by atoms with Gasteiger partial charge in [0.15, 0.2) is 0 Å². The van der Waals surface area contributed by atoms with Crippen molar-refractivity contribution in [1.29, 1.82) is 0 Å². The number of amides is 1. The summed E-state index contributed by atoms with van der Waals surface area (Å²) in [7, 11) is 0. The highest BCUT2D eigenvalue weighted by Crippen LogP contribution is 2.46. The Labute approximate surface area is 179 Å². The molecule has 0 unspecified atom stereocenters. The molecular weight excluding hydrogens is 402 g/mol. The van der Waals surface area contributed by atoms with Gasteiger partial charge >= 0.3 is 0 Å². The van der Waals surface area contributed by atoms with Gasteiger partial charge in [-0.2, -0.15) is 0 Å². The Bertz CT molecular complexity index is 979. The van der Waals surface area contributed by atoms with Crippen LogP contribution in [0.2, 0.25) is 0 Å². The topological polar surface area (TPSA) is 78.9 Å². The fraction of sp³-hybridized carbons (Fsp3) is 0.476. The number of carbonyl (C=O) groups excluding carboxylic acids is 1. The second-order valence-corrected chi connectivity index (χ2v) is 9.58. The number of pyridine rings is 1. The minimum atomic E-state index is 0.0454. The molecule has 1 aliphatic heterocycles. The van der Waals surface area contributed by atoms with E-state index in [0.717, 1.165) is 45.2 Å². The number of thiophene rings is 1. The van der Waals surface area contributed by atoms with Gasteiger partial charge in [0.1, 0.15) is 15.5 Å². The maximum Gasteiger partial charge on any atom is 0.226 e. The number of anilines is 1. The highest BCUT2D eigenvalue weighted by molar-refractivity contribution is 7.23. The molecule has 0 fully saturated rings. The van der Waals surface area contributed by atoms with Crippen LogP contribution in [0, 0.1) is 0 Å². The fourth-order valence-electron chi connectivity index (χ4n) is 3.55.